The molecule has 1 heterocycles. The van der Waals surface area contributed by atoms with Gasteiger partial charge in [-0.25, -0.2) is 0 Å². The highest BCUT2D eigenvalue weighted by atomic mass is 35.5. The molecule has 0 atom stereocenters. The predicted molar refractivity (Wildman–Crippen MR) is 62.1 cm³/mol. The fourth-order valence-electron chi connectivity index (χ4n) is 1.47. The van der Waals surface area contributed by atoms with Crippen molar-refractivity contribution >= 4 is 11.6 Å². The minimum absolute atomic E-state index is 0.119. The summed E-state index contributed by atoms with van der Waals surface area (Å²) >= 11 is 5.69. The Morgan fingerprint density at radius 2 is 1.80 bits per heavy atom. The normalized spacial score (nSPS) is 10.2. The van der Waals surface area contributed by atoms with Crippen molar-refractivity contribution in [2.45, 2.75) is 5.88 Å². The van der Waals surface area contributed by atoms with Crippen LogP contribution < -0.4 is 5.56 Å². The quantitative estimate of drug-likeness (QED) is 0.775. The van der Waals surface area contributed by atoms with Gasteiger partial charge in [-0.05, 0) is 17.2 Å². The Labute approximate surface area is 92.5 Å². The number of rotatable bonds is 2. The number of aromatic amines is 1. The number of H-pyrrole nitrogens is 1. The molecule has 0 aliphatic carbocycles. The summed E-state index contributed by atoms with van der Waals surface area (Å²) in [6, 6.07) is 13.2. The molecule has 1 aromatic heterocycles. The number of alkyl halides is 1. The summed E-state index contributed by atoms with van der Waals surface area (Å²) in [6.45, 7) is 0. The second kappa shape index (κ2) is 4.32. The molecule has 0 fully saturated rings. The van der Waals surface area contributed by atoms with Gasteiger partial charge in [0.1, 0.15) is 0 Å². The molecule has 0 spiro atoms. The fraction of sp³-hybridized carbons (Fsp3) is 0.0833. The van der Waals surface area contributed by atoms with Crippen LogP contribution in [0.5, 0.6) is 0 Å². The second-order valence-corrected chi connectivity index (χ2v) is 3.53. The van der Waals surface area contributed by atoms with Gasteiger partial charge in [0.05, 0.1) is 5.88 Å². The van der Waals surface area contributed by atoms with Crippen LogP contribution in [0.4, 0.5) is 0 Å². The molecule has 2 nitrogen and oxygen atoms in total. The number of benzene rings is 1. The van der Waals surface area contributed by atoms with E-state index in [0.29, 0.717) is 5.88 Å². The molecule has 1 aromatic carbocycles. The molecular formula is C12H10ClNO. The first-order chi connectivity index (χ1) is 7.29. The summed E-state index contributed by atoms with van der Waals surface area (Å²) in [5.41, 5.74) is 2.54. The molecule has 0 bridgehead atoms. The van der Waals surface area contributed by atoms with Crippen LogP contribution in [0.1, 0.15) is 5.69 Å². The van der Waals surface area contributed by atoms with Crippen molar-refractivity contribution in [3.63, 3.8) is 0 Å². The van der Waals surface area contributed by atoms with E-state index in [1.807, 2.05) is 36.4 Å². The zero-order chi connectivity index (χ0) is 10.7. The van der Waals surface area contributed by atoms with Crippen molar-refractivity contribution in [3.05, 3.63) is 58.5 Å². The van der Waals surface area contributed by atoms with E-state index in [1.54, 1.807) is 6.07 Å². The van der Waals surface area contributed by atoms with Crippen LogP contribution in [0.15, 0.2) is 47.3 Å². The molecule has 0 radical (unpaired) electrons. The highest BCUT2D eigenvalue weighted by Crippen LogP contribution is 2.17. The monoisotopic (exact) mass is 219 g/mol. The van der Waals surface area contributed by atoms with Gasteiger partial charge in [0, 0.05) is 11.8 Å². The maximum absolute atomic E-state index is 11.3. The molecule has 2 aromatic rings. The molecule has 0 unspecified atom stereocenters. The van der Waals surface area contributed by atoms with Crippen LogP contribution >= 0.6 is 11.6 Å². The van der Waals surface area contributed by atoms with Crippen LogP contribution in [0, 0.1) is 0 Å². The van der Waals surface area contributed by atoms with Gasteiger partial charge in [-0.15, -0.1) is 11.6 Å². The number of halogens is 1. The topological polar surface area (TPSA) is 32.9 Å². The van der Waals surface area contributed by atoms with E-state index in [9.17, 15) is 4.79 Å². The zero-order valence-corrected chi connectivity index (χ0v) is 8.79. The van der Waals surface area contributed by atoms with Crippen molar-refractivity contribution in [3.8, 4) is 11.1 Å². The van der Waals surface area contributed by atoms with E-state index < -0.39 is 0 Å². The number of aromatic nitrogens is 1. The number of hydrogen-bond acceptors (Lipinski definition) is 1. The van der Waals surface area contributed by atoms with E-state index in [4.69, 9.17) is 11.6 Å². The van der Waals surface area contributed by atoms with Crippen molar-refractivity contribution in [1.29, 1.82) is 0 Å². The van der Waals surface area contributed by atoms with Crippen LogP contribution in [-0.4, -0.2) is 4.98 Å². The number of hydrogen-bond donors (Lipinski definition) is 1. The van der Waals surface area contributed by atoms with E-state index >= 15 is 0 Å². The van der Waals surface area contributed by atoms with E-state index in [2.05, 4.69) is 4.98 Å². The Kier molecular flexibility index (Phi) is 2.88. The van der Waals surface area contributed by atoms with Crippen molar-refractivity contribution in [1.82, 2.24) is 4.98 Å². The highest BCUT2D eigenvalue weighted by molar-refractivity contribution is 6.16. The second-order valence-electron chi connectivity index (χ2n) is 3.26. The third-order valence-corrected chi connectivity index (χ3v) is 2.44. The highest BCUT2D eigenvalue weighted by Gasteiger charge is 2.00. The number of pyridine rings is 1. The van der Waals surface area contributed by atoms with Crippen LogP contribution in [0.2, 0.25) is 0 Å². The molecular weight excluding hydrogens is 210 g/mol. The average Bonchev–Trinajstić information content (AvgIpc) is 2.29. The van der Waals surface area contributed by atoms with Gasteiger partial charge >= 0.3 is 0 Å². The third-order valence-electron chi connectivity index (χ3n) is 2.15. The van der Waals surface area contributed by atoms with E-state index in [0.717, 1.165) is 16.8 Å². The van der Waals surface area contributed by atoms with E-state index in [-0.39, 0.29) is 5.56 Å². The minimum atomic E-state index is -0.119. The number of nitrogens with one attached hydrogen (secondary N) is 1. The van der Waals surface area contributed by atoms with Gasteiger partial charge in [0.25, 0.3) is 0 Å². The Hall–Kier alpha value is -1.54. The molecule has 0 saturated heterocycles. The maximum atomic E-state index is 11.3. The molecule has 76 valence electrons. The van der Waals surface area contributed by atoms with Gasteiger partial charge < -0.3 is 4.98 Å². The molecule has 0 amide bonds. The van der Waals surface area contributed by atoms with Crippen LogP contribution in [0.25, 0.3) is 11.1 Å². The first-order valence-electron chi connectivity index (χ1n) is 4.64. The van der Waals surface area contributed by atoms with Gasteiger partial charge in [-0.3, -0.25) is 4.79 Å². The van der Waals surface area contributed by atoms with Gasteiger partial charge in [-0.1, -0.05) is 30.3 Å². The SMILES string of the molecule is O=c1cc(-c2ccccc2)cc(CCl)[nH]1. The average molecular weight is 220 g/mol. The Bertz CT molecular complexity index is 505. The van der Waals surface area contributed by atoms with E-state index in [1.165, 1.54) is 0 Å². The Balaban J connectivity index is 2.54. The largest absolute Gasteiger partial charge is 0.325 e. The first kappa shape index (κ1) is 9.99. The Morgan fingerprint density at radius 1 is 1.07 bits per heavy atom. The van der Waals surface area contributed by atoms with Crippen molar-refractivity contribution < 1.29 is 0 Å². The summed E-state index contributed by atoms with van der Waals surface area (Å²) in [5, 5.41) is 0. The lowest BCUT2D eigenvalue weighted by Gasteiger charge is -2.02. The zero-order valence-electron chi connectivity index (χ0n) is 8.03. The lowest BCUT2D eigenvalue weighted by atomic mass is 10.1. The summed E-state index contributed by atoms with van der Waals surface area (Å²) in [4.78, 5) is 14.0. The maximum Gasteiger partial charge on any atom is 0.248 e. The van der Waals surface area contributed by atoms with Crippen molar-refractivity contribution in [2.75, 3.05) is 0 Å². The van der Waals surface area contributed by atoms with Gasteiger partial charge in [-0.2, -0.15) is 0 Å². The van der Waals surface area contributed by atoms with Gasteiger partial charge in [0.2, 0.25) is 5.56 Å². The summed E-state index contributed by atoms with van der Waals surface area (Å²) in [6.07, 6.45) is 0. The summed E-state index contributed by atoms with van der Waals surface area (Å²) in [7, 11) is 0. The standard InChI is InChI=1S/C12H10ClNO/c13-8-11-6-10(7-12(15)14-11)9-4-2-1-3-5-9/h1-7H,8H2,(H,14,15). The smallest absolute Gasteiger partial charge is 0.248 e. The van der Waals surface area contributed by atoms with Crippen molar-refractivity contribution in [2.24, 2.45) is 0 Å². The van der Waals surface area contributed by atoms with Crippen LogP contribution in [0.3, 0.4) is 0 Å². The third kappa shape index (κ3) is 2.28. The Morgan fingerprint density at radius 3 is 2.47 bits per heavy atom. The molecule has 15 heavy (non-hydrogen) atoms. The van der Waals surface area contributed by atoms with Gasteiger partial charge in [0.15, 0.2) is 0 Å². The predicted octanol–water partition coefficient (Wildman–Crippen LogP) is 2.78. The summed E-state index contributed by atoms with van der Waals surface area (Å²) in [5.74, 6) is 0.315. The molecule has 1 N–H and O–H groups in total. The molecule has 0 aliphatic rings. The first-order valence-corrected chi connectivity index (χ1v) is 5.17. The minimum Gasteiger partial charge on any atom is -0.325 e. The molecule has 0 aliphatic heterocycles. The molecule has 3 heteroatoms. The summed E-state index contributed by atoms with van der Waals surface area (Å²) < 4.78 is 0. The lowest BCUT2D eigenvalue weighted by Crippen LogP contribution is -2.06. The fourth-order valence-corrected chi connectivity index (χ4v) is 1.61. The lowest BCUT2D eigenvalue weighted by molar-refractivity contribution is 1.12. The molecule has 2 rings (SSSR count). The molecule has 0 saturated carbocycles. The van der Waals surface area contributed by atoms with Crippen LogP contribution in [-0.2, 0) is 5.88 Å².